The second kappa shape index (κ2) is 4.75. The predicted molar refractivity (Wildman–Crippen MR) is 63.9 cm³/mol. The monoisotopic (exact) mass is 254 g/mol. The van der Waals surface area contributed by atoms with Gasteiger partial charge in [-0.2, -0.15) is 0 Å². The molecule has 4 nitrogen and oxygen atoms in total. The van der Waals surface area contributed by atoms with Crippen LogP contribution in [-0.4, -0.2) is 37.6 Å². The average molecular weight is 254 g/mol. The third-order valence-electron chi connectivity index (χ3n) is 4.92. The highest BCUT2D eigenvalue weighted by Gasteiger charge is 2.44. The Hall–Kier alpha value is -0.160. The lowest BCUT2D eigenvalue weighted by Crippen LogP contribution is -2.21. The molecule has 2 aliphatic heterocycles. The summed E-state index contributed by atoms with van der Waals surface area (Å²) >= 11 is 0. The lowest BCUT2D eigenvalue weighted by molar-refractivity contribution is -0.309. The number of hydrogen-bond donors (Lipinski definition) is 0. The van der Waals surface area contributed by atoms with E-state index in [1.165, 1.54) is 25.7 Å². The van der Waals surface area contributed by atoms with E-state index in [-0.39, 0.29) is 0 Å². The summed E-state index contributed by atoms with van der Waals surface area (Å²) in [5.74, 6) is 1.27. The molecule has 0 aromatic carbocycles. The first-order valence-electron chi connectivity index (χ1n) is 7.44. The van der Waals surface area contributed by atoms with Gasteiger partial charge in [-0.25, -0.2) is 9.78 Å². The first-order chi connectivity index (χ1) is 8.88. The zero-order chi connectivity index (χ0) is 11.9. The fraction of sp³-hybridized carbons (Fsp3) is 1.00. The van der Waals surface area contributed by atoms with E-state index in [1.54, 1.807) is 0 Å². The molecule has 0 bridgehead atoms. The quantitative estimate of drug-likeness (QED) is 0.326. The summed E-state index contributed by atoms with van der Waals surface area (Å²) in [5.41, 5.74) is 0. The van der Waals surface area contributed by atoms with Crippen LogP contribution in [0.2, 0.25) is 0 Å². The topological polar surface area (TPSA) is 43.5 Å². The molecule has 4 aliphatic rings. The summed E-state index contributed by atoms with van der Waals surface area (Å²) < 4.78 is 11.0. The van der Waals surface area contributed by atoms with E-state index in [2.05, 4.69) is 0 Å². The van der Waals surface area contributed by atoms with Crippen LogP contribution in [0.3, 0.4) is 0 Å². The van der Waals surface area contributed by atoms with Gasteiger partial charge in [-0.3, -0.25) is 0 Å². The minimum Gasteiger partial charge on any atom is -0.370 e. The van der Waals surface area contributed by atoms with E-state index in [9.17, 15) is 0 Å². The molecular weight excluding hydrogens is 232 g/mol. The number of hydrogen-bond acceptors (Lipinski definition) is 4. The number of ether oxygens (including phenoxy) is 2. The van der Waals surface area contributed by atoms with Gasteiger partial charge in [-0.1, -0.05) is 0 Å². The number of rotatable bonds is 5. The molecule has 2 saturated carbocycles. The highest BCUT2D eigenvalue weighted by molar-refractivity contribution is 4.92. The van der Waals surface area contributed by atoms with Gasteiger partial charge in [0.25, 0.3) is 0 Å². The van der Waals surface area contributed by atoms with Crippen LogP contribution in [0.1, 0.15) is 38.5 Å². The first-order valence-corrected chi connectivity index (χ1v) is 7.44. The van der Waals surface area contributed by atoms with E-state index in [0.717, 1.165) is 26.1 Å². The van der Waals surface area contributed by atoms with Gasteiger partial charge in [0.15, 0.2) is 0 Å². The normalized spacial score (nSPS) is 49.3. The molecule has 4 fully saturated rings. The molecule has 2 aliphatic carbocycles. The molecule has 4 rings (SSSR count). The zero-order valence-electron chi connectivity index (χ0n) is 10.8. The Labute approximate surface area is 108 Å². The molecule has 102 valence electrons. The van der Waals surface area contributed by atoms with Gasteiger partial charge in [0.2, 0.25) is 0 Å². The minimum atomic E-state index is 0.537. The van der Waals surface area contributed by atoms with Crippen LogP contribution in [0.15, 0.2) is 0 Å². The molecule has 18 heavy (non-hydrogen) atoms. The van der Waals surface area contributed by atoms with Crippen molar-refractivity contribution in [3.05, 3.63) is 0 Å². The van der Waals surface area contributed by atoms with Crippen molar-refractivity contribution in [2.45, 2.75) is 62.9 Å². The summed E-state index contributed by atoms with van der Waals surface area (Å²) in [6, 6.07) is 0. The summed E-state index contributed by atoms with van der Waals surface area (Å²) in [5, 5.41) is 0. The molecule has 0 spiro atoms. The van der Waals surface area contributed by atoms with Crippen LogP contribution in [0.4, 0.5) is 0 Å². The van der Waals surface area contributed by atoms with Crippen molar-refractivity contribution >= 4 is 0 Å². The average Bonchev–Trinajstić information content (AvgIpc) is 3.26. The van der Waals surface area contributed by atoms with Crippen molar-refractivity contribution in [1.29, 1.82) is 0 Å². The van der Waals surface area contributed by atoms with Gasteiger partial charge < -0.3 is 9.47 Å². The van der Waals surface area contributed by atoms with Crippen molar-refractivity contribution in [2.24, 2.45) is 11.8 Å². The first kappa shape index (κ1) is 11.6. The third-order valence-corrected chi connectivity index (χ3v) is 4.92. The summed E-state index contributed by atoms with van der Waals surface area (Å²) in [4.78, 5) is 10.8. The SMILES string of the molecule is C1CC2OC2CC1COOCC1CCC2OC2C1. The van der Waals surface area contributed by atoms with Crippen LogP contribution in [0.5, 0.6) is 0 Å². The molecular formula is C14H22O4. The van der Waals surface area contributed by atoms with Crippen molar-refractivity contribution in [3.8, 4) is 0 Å². The largest absolute Gasteiger partial charge is 0.370 e. The van der Waals surface area contributed by atoms with Gasteiger partial charge in [-0.05, 0) is 50.4 Å². The minimum absolute atomic E-state index is 0.537. The zero-order valence-corrected chi connectivity index (χ0v) is 10.8. The lowest BCUT2D eigenvalue weighted by Gasteiger charge is -2.20. The van der Waals surface area contributed by atoms with Gasteiger partial charge in [0.1, 0.15) is 0 Å². The maximum Gasteiger partial charge on any atom is 0.0851 e. The van der Waals surface area contributed by atoms with E-state index in [0.29, 0.717) is 36.3 Å². The smallest absolute Gasteiger partial charge is 0.0851 e. The molecule has 2 heterocycles. The second-order valence-electron chi connectivity index (χ2n) is 6.35. The maximum absolute atomic E-state index is 5.52. The molecule has 0 aromatic rings. The Morgan fingerprint density at radius 2 is 1.17 bits per heavy atom. The Morgan fingerprint density at radius 3 is 1.61 bits per heavy atom. The van der Waals surface area contributed by atoms with Gasteiger partial charge >= 0.3 is 0 Å². The predicted octanol–water partition coefficient (Wildman–Crippen LogP) is 2.07. The standard InChI is InChI=1S/C14H22O4/c1-3-11-13(17-11)5-9(1)7-15-16-8-10-2-4-12-14(6-10)18-12/h9-14H,1-8H2. The van der Waals surface area contributed by atoms with Gasteiger partial charge in [0.05, 0.1) is 37.6 Å². The Bertz CT molecular complexity index is 278. The second-order valence-corrected chi connectivity index (χ2v) is 6.35. The van der Waals surface area contributed by atoms with E-state index < -0.39 is 0 Å². The van der Waals surface area contributed by atoms with Gasteiger partial charge in [-0.15, -0.1) is 0 Å². The van der Waals surface area contributed by atoms with E-state index in [4.69, 9.17) is 19.2 Å². The molecule has 4 heteroatoms. The molecule has 0 amide bonds. The highest BCUT2D eigenvalue weighted by atomic mass is 17.2. The molecule has 0 radical (unpaired) electrons. The molecule has 6 atom stereocenters. The van der Waals surface area contributed by atoms with Crippen molar-refractivity contribution in [3.63, 3.8) is 0 Å². The summed E-state index contributed by atoms with van der Waals surface area (Å²) in [7, 11) is 0. The molecule has 6 unspecified atom stereocenters. The fourth-order valence-corrected chi connectivity index (χ4v) is 3.56. The molecule has 2 saturated heterocycles. The van der Waals surface area contributed by atoms with Crippen molar-refractivity contribution in [1.82, 2.24) is 0 Å². The third kappa shape index (κ3) is 2.57. The van der Waals surface area contributed by atoms with Crippen LogP contribution in [0, 0.1) is 11.8 Å². The van der Waals surface area contributed by atoms with Crippen LogP contribution in [0.25, 0.3) is 0 Å². The Kier molecular flexibility index (Phi) is 3.07. The highest BCUT2D eigenvalue weighted by Crippen LogP contribution is 2.40. The Morgan fingerprint density at radius 1 is 0.667 bits per heavy atom. The molecule has 0 aromatic heterocycles. The lowest BCUT2D eigenvalue weighted by atomic mass is 9.90. The Balaban J connectivity index is 1.10. The fourth-order valence-electron chi connectivity index (χ4n) is 3.56. The molecule has 0 N–H and O–H groups in total. The van der Waals surface area contributed by atoms with E-state index in [1.807, 2.05) is 0 Å². The van der Waals surface area contributed by atoms with Crippen LogP contribution < -0.4 is 0 Å². The summed E-state index contributed by atoms with van der Waals surface area (Å²) in [6.45, 7) is 1.48. The number of fused-ring (bicyclic) bond motifs is 2. The van der Waals surface area contributed by atoms with Gasteiger partial charge in [0, 0.05) is 0 Å². The van der Waals surface area contributed by atoms with Crippen molar-refractivity contribution in [2.75, 3.05) is 13.2 Å². The van der Waals surface area contributed by atoms with E-state index >= 15 is 0 Å². The number of epoxide rings is 2. The maximum atomic E-state index is 5.52. The summed E-state index contributed by atoms with van der Waals surface area (Å²) in [6.07, 6.45) is 9.43. The van der Waals surface area contributed by atoms with Crippen LogP contribution in [-0.2, 0) is 19.2 Å². The van der Waals surface area contributed by atoms with Crippen LogP contribution >= 0.6 is 0 Å². The van der Waals surface area contributed by atoms with Crippen molar-refractivity contribution < 1.29 is 19.2 Å².